The smallest absolute Gasteiger partial charge is 0.334 e. The Morgan fingerprint density at radius 2 is 2.00 bits per heavy atom. The van der Waals surface area contributed by atoms with Gasteiger partial charge in [-0.05, 0) is 49.3 Å². The second-order valence-electron chi connectivity index (χ2n) is 6.87. The largest absolute Gasteiger partial charge is 0.507 e. The molecule has 7 nitrogen and oxygen atoms in total. The van der Waals surface area contributed by atoms with Crippen molar-refractivity contribution in [1.82, 2.24) is 0 Å². The molecule has 0 spiro atoms. The molecule has 0 saturated carbocycles. The van der Waals surface area contributed by atoms with E-state index in [1.165, 1.54) is 0 Å². The molecule has 6 N–H and O–H groups in total. The summed E-state index contributed by atoms with van der Waals surface area (Å²) in [5.74, 6) is 0.234. The van der Waals surface area contributed by atoms with E-state index >= 15 is 0 Å². The van der Waals surface area contributed by atoms with Crippen LogP contribution in [-0.4, -0.2) is 23.3 Å². The Morgan fingerprint density at radius 1 is 1.25 bits per heavy atom. The quantitative estimate of drug-likeness (QED) is 0.168. The van der Waals surface area contributed by atoms with Crippen molar-refractivity contribution in [3.05, 3.63) is 29.3 Å². The molecule has 2 aromatic carbocycles. The van der Waals surface area contributed by atoms with Crippen LogP contribution in [0.1, 0.15) is 37.8 Å². The van der Waals surface area contributed by atoms with Crippen molar-refractivity contribution in [2.75, 3.05) is 11.9 Å². The van der Waals surface area contributed by atoms with Gasteiger partial charge in [-0.15, -0.1) is 5.10 Å². The van der Waals surface area contributed by atoms with Crippen molar-refractivity contribution in [3.8, 4) is 5.75 Å². The van der Waals surface area contributed by atoms with Crippen molar-refractivity contribution in [2.24, 2.45) is 28.7 Å². The normalized spacial score (nSPS) is 11.9. The predicted octanol–water partition coefficient (Wildman–Crippen LogP) is 3.10. The zero-order valence-corrected chi connectivity index (χ0v) is 17.5. The van der Waals surface area contributed by atoms with Gasteiger partial charge < -0.3 is 16.6 Å². The molecule has 1 aromatic heterocycles. The highest BCUT2D eigenvalue weighted by atomic mass is 32.1. The number of nitrogens with two attached hydrogens (primary N) is 2. The molecule has 0 aliphatic rings. The van der Waals surface area contributed by atoms with Crippen molar-refractivity contribution >= 4 is 49.1 Å². The Balaban J connectivity index is 2.23. The molecule has 0 aliphatic carbocycles. The van der Waals surface area contributed by atoms with Gasteiger partial charge in [-0.25, -0.2) is 4.57 Å². The van der Waals surface area contributed by atoms with E-state index in [-0.39, 0.29) is 5.96 Å². The minimum atomic E-state index is -0.0807. The van der Waals surface area contributed by atoms with Crippen LogP contribution in [0.2, 0.25) is 0 Å². The molecule has 3 rings (SSSR count). The summed E-state index contributed by atoms with van der Waals surface area (Å²) >= 11 is 1.67. The van der Waals surface area contributed by atoms with Gasteiger partial charge in [0.25, 0.3) is 0 Å². The number of nitrogens with one attached hydrogen (secondary N) is 1. The van der Waals surface area contributed by atoms with Crippen LogP contribution in [0.4, 0.5) is 5.13 Å². The molecule has 0 amide bonds. The number of hydrogen-bond acceptors (Lipinski definition) is 5. The van der Waals surface area contributed by atoms with Gasteiger partial charge in [-0.2, -0.15) is 5.10 Å². The first-order chi connectivity index (χ1) is 13.3. The summed E-state index contributed by atoms with van der Waals surface area (Å²) in [6.45, 7) is 6.92. The molecule has 0 unspecified atom stereocenters. The van der Waals surface area contributed by atoms with Crippen molar-refractivity contribution in [2.45, 2.75) is 33.6 Å². The van der Waals surface area contributed by atoms with Crippen LogP contribution < -0.4 is 21.4 Å². The number of guanidine groups is 1. The standard InChI is InChI=1S/C20H26N6OS/c1-5-6-9-23-20-26(4)16-15-10-13(12(3)24-25-19(21)22)7-8-14(15)17(27)11(2)18(16)28-20/h7-8,10H,5-6,9H2,1-4H3,(H5,21,22,25,27)/p+1. The van der Waals surface area contributed by atoms with Crippen LogP contribution in [0, 0.1) is 6.92 Å². The third kappa shape index (κ3) is 3.60. The molecular weight excluding hydrogens is 372 g/mol. The summed E-state index contributed by atoms with van der Waals surface area (Å²) in [5, 5.41) is 25.0. The molecule has 0 saturated heterocycles. The van der Waals surface area contributed by atoms with Gasteiger partial charge in [0.1, 0.15) is 5.75 Å². The molecule has 0 radical (unpaired) electrons. The average molecular weight is 400 g/mol. The number of fused-ring (bicyclic) bond motifs is 3. The molecule has 0 bridgehead atoms. The lowest BCUT2D eigenvalue weighted by atomic mass is 10.0. The zero-order valence-electron chi connectivity index (χ0n) is 16.7. The lowest BCUT2D eigenvalue weighted by molar-refractivity contribution is -0.625. The van der Waals surface area contributed by atoms with Gasteiger partial charge in [0.15, 0.2) is 5.52 Å². The van der Waals surface area contributed by atoms with E-state index in [1.54, 1.807) is 11.3 Å². The van der Waals surface area contributed by atoms with E-state index in [0.717, 1.165) is 56.6 Å². The minimum absolute atomic E-state index is 0.0807. The van der Waals surface area contributed by atoms with Crippen LogP contribution in [-0.2, 0) is 7.05 Å². The number of aryl methyl sites for hydroxylation is 2. The van der Waals surface area contributed by atoms with E-state index in [4.69, 9.17) is 11.5 Å². The summed E-state index contributed by atoms with van der Waals surface area (Å²) in [6, 6.07) is 5.87. The van der Waals surface area contributed by atoms with Crippen LogP contribution in [0.3, 0.4) is 0 Å². The number of benzene rings is 2. The summed E-state index contributed by atoms with van der Waals surface area (Å²) in [6.07, 6.45) is 2.26. The lowest BCUT2D eigenvalue weighted by Crippen LogP contribution is -2.30. The minimum Gasteiger partial charge on any atom is -0.507 e. The van der Waals surface area contributed by atoms with Crippen molar-refractivity contribution in [1.29, 1.82) is 0 Å². The number of nitrogens with zero attached hydrogens (tertiary/aromatic N) is 3. The van der Waals surface area contributed by atoms with Gasteiger partial charge >= 0.3 is 5.13 Å². The molecule has 0 aliphatic heterocycles. The number of thiazole rings is 1. The Bertz CT molecular complexity index is 1100. The van der Waals surface area contributed by atoms with Crippen LogP contribution in [0.25, 0.3) is 21.0 Å². The molecule has 148 valence electrons. The SMILES string of the molecule is CCCCNc1sc2c(C)c(O)c3ccc(C(C)=NN=C(N)N)cc3c2[n+]1C. The maximum atomic E-state index is 10.8. The lowest BCUT2D eigenvalue weighted by Gasteiger charge is -2.08. The third-order valence-electron chi connectivity index (χ3n) is 4.82. The van der Waals surface area contributed by atoms with Gasteiger partial charge in [-0.1, -0.05) is 19.4 Å². The van der Waals surface area contributed by atoms with E-state index in [2.05, 4.69) is 34.1 Å². The summed E-state index contributed by atoms with van der Waals surface area (Å²) in [5.41, 5.74) is 14.3. The van der Waals surface area contributed by atoms with Crippen LogP contribution >= 0.6 is 11.3 Å². The molecular formula is C20H27N6OS+. The first-order valence-corrected chi connectivity index (χ1v) is 10.1. The first-order valence-electron chi connectivity index (χ1n) is 9.30. The Morgan fingerprint density at radius 3 is 2.68 bits per heavy atom. The molecule has 0 fully saturated rings. The number of anilines is 1. The highest BCUT2D eigenvalue weighted by Gasteiger charge is 2.22. The van der Waals surface area contributed by atoms with Gasteiger partial charge in [0.2, 0.25) is 5.96 Å². The topological polar surface area (TPSA) is 113 Å². The van der Waals surface area contributed by atoms with E-state index < -0.39 is 0 Å². The Kier molecular flexibility index (Phi) is 5.69. The Hall–Kier alpha value is -2.87. The molecule has 8 heteroatoms. The highest BCUT2D eigenvalue weighted by Crippen LogP contribution is 2.40. The maximum absolute atomic E-state index is 10.8. The summed E-state index contributed by atoms with van der Waals surface area (Å²) in [4.78, 5) is 0. The monoisotopic (exact) mass is 399 g/mol. The number of aromatic nitrogens is 1. The highest BCUT2D eigenvalue weighted by molar-refractivity contribution is 7.22. The van der Waals surface area contributed by atoms with Crippen LogP contribution in [0.15, 0.2) is 28.4 Å². The molecule has 28 heavy (non-hydrogen) atoms. The number of aromatic hydroxyl groups is 1. The third-order valence-corrected chi connectivity index (χ3v) is 6.13. The number of rotatable bonds is 6. The van der Waals surface area contributed by atoms with E-state index in [0.29, 0.717) is 11.5 Å². The number of phenols is 1. The summed E-state index contributed by atoms with van der Waals surface area (Å²) in [7, 11) is 2.05. The number of hydrogen-bond donors (Lipinski definition) is 4. The van der Waals surface area contributed by atoms with Gasteiger partial charge in [0, 0.05) is 16.3 Å². The van der Waals surface area contributed by atoms with Gasteiger partial charge in [0.05, 0.1) is 24.0 Å². The fourth-order valence-corrected chi connectivity index (χ4v) is 4.41. The summed E-state index contributed by atoms with van der Waals surface area (Å²) < 4.78 is 3.24. The second kappa shape index (κ2) is 8.02. The van der Waals surface area contributed by atoms with Crippen molar-refractivity contribution < 1.29 is 9.67 Å². The average Bonchev–Trinajstić information content (AvgIpc) is 3.00. The Labute approximate surface area is 168 Å². The molecule has 1 heterocycles. The first kappa shape index (κ1) is 19.9. The van der Waals surface area contributed by atoms with Crippen molar-refractivity contribution in [3.63, 3.8) is 0 Å². The van der Waals surface area contributed by atoms with E-state index in [1.807, 2.05) is 32.0 Å². The van der Waals surface area contributed by atoms with Gasteiger partial charge in [-0.3, -0.25) is 5.32 Å². The fourth-order valence-electron chi connectivity index (χ4n) is 3.22. The second-order valence-corrected chi connectivity index (χ2v) is 7.87. The number of unbranched alkanes of at least 4 members (excludes halogenated alkanes) is 1. The fraction of sp³-hybridized carbons (Fsp3) is 0.350. The zero-order chi connectivity index (χ0) is 20.4. The number of phenolic OH excluding ortho intramolecular Hbond substituents is 1. The molecule has 0 atom stereocenters. The van der Waals surface area contributed by atoms with E-state index in [9.17, 15) is 5.11 Å². The maximum Gasteiger partial charge on any atom is 0.334 e. The predicted molar refractivity (Wildman–Crippen MR) is 118 cm³/mol. The molecule has 3 aromatic rings. The van der Waals surface area contributed by atoms with Crippen LogP contribution in [0.5, 0.6) is 5.75 Å².